The molecule has 0 saturated carbocycles. The Morgan fingerprint density at radius 2 is 1.90 bits per heavy atom. The van der Waals surface area contributed by atoms with Crippen molar-refractivity contribution in [3.05, 3.63) is 35.4 Å². The van der Waals surface area contributed by atoms with E-state index >= 15 is 0 Å². The Bertz CT molecular complexity index is 409. The Labute approximate surface area is 123 Å². The smallest absolute Gasteiger partial charge is 0.0721 e. The van der Waals surface area contributed by atoms with Crippen LogP contribution in [0, 0.1) is 0 Å². The van der Waals surface area contributed by atoms with Crippen LogP contribution in [0.25, 0.3) is 0 Å². The van der Waals surface area contributed by atoms with Gasteiger partial charge in [0.25, 0.3) is 0 Å². The number of rotatable bonds is 6. The van der Waals surface area contributed by atoms with E-state index in [1.54, 1.807) is 0 Å². The molecule has 1 aliphatic rings. The van der Waals surface area contributed by atoms with Crippen LogP contribution in [-0.4, -0.2) is 36.7 Å². The van der Waals surface area contributed by atoms with Crippen molar-refractivity contribution < 1.29 is 4.74 Å². The molecular weight excluding hydrogens is 248 g/mol. The quantitative estimate of drug-likeness (QED) is 0.864. The van der Waals surface area contributed by atoms with Crippen molar-refractivity contribution in [3.63, 3.8) is 0 Å². The zero-order valence-corrected chi connectivity index (χ0v) is 13.2. The maximum absolute atomic E-state index is 5.68. The monoisotopic (exact) mass is 276 g/mol. The molecule has 0 spiro atoms. The lowest BCUT2D eigenvalue weighted by Crippen LogP contribution is -2.42. The average Bonchev–Trinajstić information content (AvgIpc) is 2.42. The molecule has 0 bridgehead atoms. The normalized spacial score (nSPS) is 18.9. The minimum Gasteiger partial charge on any atom is -0.375 e. The van der Waals surface area contributed by atoms with Gasteiger partial charge in [0.15, 0.2) is 0 Å². The SMILES string of the molecule is CC(C)N(CCNC1COCc2ccccc21)C(C)C. The number of nitrogens with one attached hydrogen (secondary N) is 1. The van der Waals surface area contributed by atoms with Gasteiger partial charge in [0.2, 0.25) is 0 Å². The summed E-state index contributed by atoms with van der Waals surface area (Å²) in [5, 5.41) is 3.65. The van der Waals surface area contributed by atoms with Crippen LogP contribution in [0.15, 0.2) is 24.3 Å². The molecule has 0 aliphatic carbocycles. The summed E-state index contributed by atoms with van der Waals surface area (Å²) < 4.78 is 5.68. The molecule has 1 atom stereocenters. The van der Waals surface area contributed by atoms with Gasteiger partial charge < -0.3 is 10.1 Å². The van der Waals surface area contributed by atoms with Crippen LogP contribution in [0.1, 0.15) is 44.9 Å². The first-order chi connectivity index (χ1) is 9.59. The summed E-state index contributed by atoms with van der Waals surface area (Å²) in [5.41, 5.74) is 2.72. The first-order valence-corrected chi connectivity index (χ1v) is 7.74. The fourth-order valence-corrected chi connectivity index (χ4v) is 3.03. The topological polar surface area (TPSA) is 24.5 Å². The van der Waals surface area contributed by atoms with Crippen molar-refractivity contribution >= 4 is 0 Å². The number of benzene rings is 1. The van der Waals surface area contributed by atoms with Crippen LogP contribution in [-0.2, 0) is 11.3 Å². The lowest BCUT2D eigenvalue weighted by atomic mass is 9.99. The van der Waals surface area contributed by atoms with Gasteiger partial charge in [0.1, 0.15) is 0 Å². The Kier molecular flexibility index (Phi) is 5.58. The Hall–Kier alpha value is -0.900. The highest BCUT2D eigenvalue weighted by molar-refractivity contribution is 5.31. The van der Waals surface area contributed by atoms with Crippen molar-refractivity contribution in [2.45, 2.75) is 52.4 Å². The third-order valence-electron chi connectivity index (χ3n) is 4.06. The van der Waals surface area contributed by atoms with Crippen LogP contribution >= 0.6 is 0 Å². The predicted molar refractivity (Wildman–Crippen MR) is 83.8 cm³/mol. The van der Waals surface area contributed by atoms with Gasteiger partial charge in [-0.2, -0.15) is 0 Å². The van der Waals surface area contributed by atoms with E-state index in [0.717, 1.165) is 26.3 Å². The molecule has 112 valence electrons. The van der Waals surface area contributed by atoms with Gasteiger partial charge in [-0.25, -0.2) is 0 Å². The zero-order chi connectivity index (χ0) is 14.5. The summed E-state index contributed by atoms with van der Waals surface area (Å²) in [6.07, 6.45) is 0. The zero-order valence-electron chi connectivity index (χ0n) is 13.2. The first kappa shape index (κ1) is 15.5. The minimum absolute atomic E-state index is 0.334. The van der Waals surface area contributed by atoms with Gasteiger partial charge in [-0.3, -0.25) is 4.90 Å². The maximum Gasteiger partial charge on any atom is 0.0721 e. The molecule has 3 nitrogen and oxygen atoms in total. The highest BCUT2D eigenvalue weighted by Gasteiger charge is 2.20. The molecular formula is C17H28N2O. The molecule has 0 amide bonds. The van der Waals surface area contributed by atoms with E-state index in [4.69, 9.17) is 4.74 Å². The highest BCUT2D eigenvalue weighted by atomic mass is 16.5. The average molecular weight is 276 g/mol. The molecule has 1 aliphatic heterocycles. The van der Waals surface area contributed by atoms with E-state index in [1.807, 2.05) is 0 Å². The Balaban J connectivity index is 1.89. The number of hydrogen-bond acceptors (Lipinski definition) is 3. The van der Waals surface area contributed by atoms with E-state index in [-0.39, 0.29) is 0 Å². The standard InChI is InChI=1S/C17H28N2O/c1-13(2)19(14(3)4)10-9-18-17-12-20-11-15-7-5-6-8-16(15)17/h5-8,13-14,17-18H,9-12H2,1-4H3. The molecule has 1 aromatic rings. The second-order valence-electron chi connectivity index (χ2n) is 6.15. The van der Waals surface area contributed by atoms with Gasteiger partial charge >= 0.3 is 0 Å². The largest absolute Gasteiger partial charge is 0.375 e. The van der Waals surface area contributed by atoms with Crippen molar-refractivity contribution in [1.82, 2.24) is 10.2 Å². The van der Waals surface area contributed by atoms with E-state index in [1.165, 1.54) is 11.1 Å². The molecule has 1 unspecified atom stereocenters. The van der Waals surface area contributed by atoms with Gasteiger partial charge in [0.05, 0.1) is 19.3 Å². The molecule has 1 N–H and O–H groups in total. The third kappa shape index (κ3) is 3.81. The summed E-state index contributed by atoms with van der Waals surface area (Å²) in [7, 11) is 0. The van der Waals surface area contributed by atoms with Gasteiger partial charge in [-0.15, -0.1) is 0 Å². The second kappa shape index (κ2) is 7.21. The van der Waals surface area contributed by atoms with E-state index < -0.39 is 0 Å². The van der Waals surface area contributed by atoms with Crippen molar-refractivity contribution in [2.24, 2.45) is 0 Å². The van der Waals surface area contributed by atoms with Crippen LogP contribution in [0.2, 0.25) is 0 Å². The van der Waals surface area contributed by atoms with Gasteiger partial charge in [-0.05, 0) is 38.8 Å². The van der Waals surface area contributed by atoms with Crippen LogP contribution < -0.4 is 5.32 Å². The molecule has 1 aromatic carbocycles. The lowest BCUT2D eigenvalue weighted by molar-refractivity contribution is 0.0797. The fraction of sp³-hybridized carbons (Fsp3) is 0.647. The minimum atomic E-state index is 0.334. The number of nitrogens with zero attached hydrogens (tertiary/aromatic N) is 1. The molecule has 0 radical (unpaired) electrons. The Morgan fingerprint density at radius 1 is 1.20 bits per heavy atom. The molecule has 0 fully saturated rings. The molecule has 20 heavy (non-hydrogen) atoms. The van der Waals surface area contributed by atoms with Crippen molar-refractivity contribution in [2.75, 3.05) is 19.7 Å². The van der Waals surface area contributed by atoms with Gasteiger partial charge in [0, 0.05) is 25.2 Å². The van der Waals surface area contributed by atoms with Crippen LogP contribution in [0.3, 0.4) is 0 Å². The van der Waals surface area contributed by atoms with Crippen molar-refractivity contribution in [1.29, 1.82) is 0 Å². The summed E-state index contributed by atoms with van der Waals surface area (Å²) >= 11 is 0. The second-order valence-corrected chi connectivity index (χ2v) is 6.15. The number of hydrogen-bond donors (Lipinski definition) is 1. The molecule has 1 heterocycles. The summed E-state index contributed by atoms with van der Waals surface area (Å²) in [6, 6.07) is 10.1. The first-order valence-electron chi connectivity index (χ1n) is 7.74. The Morgan fingerprint density at radius 3 is 2.60 bits per heavy atom. The number of fused-ring (bicyclic) bond motifs is 1. The summed E-state index contributed by atoms with van der Waals surface area (Å²) in [5.74, 6) is 0. The maximum atomic E-state index is 5.68. The predicted octanol–water partition coefficient (Wildman–Crippen LogP) is 2.97. The van der Waals surface area contributed by atoms with E-state index in [2.05, 4.69) is 62.2 Å². The van der Waals surface area contributed by atoms with Crippen molar-refractivity contribution in [3.8, 4) is 0 Å². The summed E-state index contributed by atoms with van der Waals surface area (Å²) in [4.78, 5) is 2.52. The molecule has 0 saturated heterocycles. The molecule has 2 rings (SSSR count). The van der Waals surface area contributed by atoms with E-state index in [9.17, 15) is 0 Å². The van der Waals surface area contributed by atoms with E-state index in [0.29, 0.717) is 18.1 Å². The van der Waals surface area contributed by atoms with Crippen LogP contribution in [0.5, 0.6) is 0 Å². The summed E-state index contributed by atoms with van der Waals surface area (Å²) in [6.45, 7) is 12.7. The third-order valence-corrected chi connectivity index (χ3v) is 4.06. The highest BCUT2D eigenvalue weighted by Crippen LogP contribution is 2.24. The number of ether oxygens (including phenoxy) is 1. The lowest BCUT2D eigenvalue weighted by Gasteiger charge is -2.32. The van der Waals surface area contributed by atoms with Gasteiger partial charge in [-0.1, -0.05) is 24.3 Å². The molecule has 0 aromatic heterocycles. The molecule has 3 heteroatoms. The van der Waals surface area contributed by atoms with Crippen LogP contribution in [0.4, 0.5) is 0 Å². The fourth-order valence-electron chi connectivity index (χ4n) is 3.03.